The van der Waals surface area contributed by atoms with Crippen LogP contribution >= 0.6 is 0 Å². The Morgan fingerprint density at radius 1 is 1.12 bits per heavy atom. The summed E-state index contributed by atoms with van der Waals surface area (Å²) >= 11 is 0. The molecule has 17 heavy (non-hydrogen) atoms. The van der Waals surface area contributed by atoms with E-state index in [4.69, 9.17) is 5.73 Å². The number of halogens is 6. The van der Waals surface area contributed by atoms with Gasteiger partial charge in [0, 0.05) is 5.56 Å². The molecule has 1 rings (SSSR count). The predicted octanol–water partition coefficient (Wildman–Crippen LogP) is 3.33. The Balaban J connectivity index is 3.17. The Morgan fingerprint density at radius 3 is 2.06 bits per heavy atom. The van der Waals surface area contributed by atoms with E-state index in [2.05, 4.69) is 0 Å². The van der Waals surface area contributed by atoms with Crippen LogP contribution in [0.15, 0.2) is 18.2 Å². The maximum atomic E-state index is 13.2. The number of alkyl halides is 5. The lowest BCUT2D eigenvalue weighted by molar-refractivity contribution is -0.291. The van der Waals surface area contributed by atoms with Gasteiger partial charge in [-0.2, -0.15) is 22.0 Å². The van der Waals surface area contributed by atoms with Crippen molar-refractivity contribution in [2.24, 2.45) is 5.73 Å². The van der Waals surface area contributed by atoms with Gasteiger partial charge in [-0.3, -0.25) is 0 Å². The topological polar surface area (TPSA) is 26.0 Å². The molecule has 0 amide bonds. The van der Waals surface area contributed by atoms with E-state index in [0.717, 1.165) is 12.1 Å². The zero-order valence-corrected chi connectivity index (χ0v) is 8.65. The van der Waals surface area contributed by atoms with Gasteiger partial charge in [-0.25, -0.2) is 4.39 Å². The van der Waals surface area contributed by atoms with Gasteiger partial charge in [0.2, 0.25) is 0 Å². The Morgan fingerprint density at radius 2 is 1.65 bits per heavy atom. The van der Waals surface area contributed by atoms with Crippen molar-refractivity contribution >= 4 is 0 Å². The fourth-order valence-corrected chi connectivity index (χ4v) is 1.26. The molecule has 0 heterocycles. The molecule has 0 spiro atoms. The zero-order chi connectivity index (χ0) is 13.4. The highest BCUT2D eigenvalue weighted by Gasteiger charge is 2.62. The average molecular weight is 257 g/mol. The lowest BCUT2D eigenvalue weighted by Crippen LogP contribution is -2.46. The Kier molecular flexibility index (Phi) is 3.42. The van der Waals surface area contributed by atoms with Gasteiger partial charge in [0.15, 0.2) is 0 Å². The van der Waals surface area contributed by atoms with Crippen LogP contribution in [-0.4, -0.2) is 12.1 Å². The van der Waals surface area contributed by atoms with Crippen LogP contribution in [0.2, 0.25) is 0 Å². The minimum absolute atomic E-state index is 0.397. The van der Waals surface area contributed by atoms with Crippen LogP contribution in [0, 0.1) is 12.7 Å². The van der Waals surface area contributed by atoms with Crippen molar-refractivity contribution in [2.45, 2.75) is 25.1 Å². The van der Waals surface area contributed by atoms with Gasteiger partial charge in [-0.05, 0) is 18.6 Å². The van der Waals surface area contributed by atoms with Crippen molar-refractivity contribution in [3.05, 3.63) is 35.1 Å². The fraction of sp³-hybridized carbons (Fsp3) is 0.400. The van der Waals surface area contributed by atoms with Gasteiger partial charge in [-0.15, -0.1) is 0 Å². The lowest BCUT2D eigenvalue weighted by atomic mass is 9.99. The standard InChI is InChI=1S/C10H9F6N/c1-5-2-3-6(7(11)4-5)8(17)9(12,13)10(14,15)16/h2-4,8H,17H2,1H3/t8-/m1/s1. The summed E-state index contributed by atoms with van der Waals surface area (Å²) in [5, 5.41) is 0. The quantitative estimate of drug-likeness (QED) is 0.808. The summed E-state index contributed by atoms with van der Waals surface area (Å²) in [7, 11) is 0. The summed E-state index contributed by atoms with van der Waals surface area (Å²) in [6.45, 7) is 1.47. The van der Waals surface area contributed by atoms with Gasteiger partial charge in [0.25, 0.3) is 0 Å². The van der Waals surface area contributed by atoms with Crippen molar-refractivity contribution < 1.29 is 26.3 Å². The molecule has 0 bridgehead atoms. The first kappa shape index (κ1) is 13.8. The van der Waals surface area contributed by atoms with E-state index in [1.807, 2.05) is 0 Å². The molecule has 96 valence electrons. The molecule has 1 nitrogen and oxygen atoms in total. The number of hydrogen-bond acceptors (Lipinski definition) is 1. The molecule has 1 atom stereocenters. The third-order valence-corrected chi connectivity index (χ3v) is 2.26. The summed E-state index contributed by atoms with van der Waals surface area (Å²) < 4.78 is 75.1. The van der Waals surface area contributed by atoms with Gasteiger partial charge < -0.3 is 5.73 Å². The highest BCUT2D eigenvalue weighted by atomic mass is 19.4. The van der Waals surface area contributed by atoms with E-state index in [-0.39, 0.29) is 0 Å². The van der Waals surface area contributed by atoms with E-state index in [0.29, 0.717) is 5.56 Å². The van der Waals surface area contributed by atoms with Crippen LogP contribution in [-0.2, 0) is 0 Å². The van der Waals surface area contributed by atoms with E-state index in [1.165, 1.54) is 13.0 Å². The second-order valence-corrected chi connectivity index (χ2v) is 3.62. The SMILES string of the molecule is Cc1ccc([C@@H](N)C(F)(F)C(F)(F)F)c(F)c1. The smallest absolute Gasteiger partial charge is 0.319 e. The third kappa shape index (κ3) is 2.54. The molecule has 7 heteroatoms. The third-order valence-electron chi connectivity index (χ3n) is 2.26. The summed E-state index contributed by atoms with van der Waals surface area (Å²) in [6.07, 6.45) is -5.82. The van der Waals surface area contributed by atoms with Crippen LogP contribution in [0.1, 0.15) is 17.2 Å². The molecule has 0 saturated carbocycles. The van der Waals surface area contributed by atoms with E-state index in [9.17, 15) is 26.3 Å². The first-order valence-electron chi connectivity index (χ1n) is 4.53. The average Bonchev–Trinajstić information content (AvgIpc) is 2.14. The van der Waals surface area contributed by atoms with Gasteiger partial charge in [0.1, 0.15) is 11.9 Å². The lowest BCUT2D eigenvalue weighted by Gasteiger charge is -2.26. The molecule has 2 N–H and O–H groups in total. The molecular formula is C10H9F6N. The highest BCUT2D eigenvalue weighted by Crippen LogP contribution is 2.43. The molecule has 0 aliphatic rings. The van der Waals surface area contributed by atoms with Gasteiger partial charge >= 0.3 is 12.1 Å². The summed E-state index contributed by atoms with van der Waals surface area (Å²) in [4.78, 5) is 0. The van der Waals surface area contributed by atoms with Crippen molar-refractivity contribution in [2.75, 3.05) is 0 Å². The maximum absolute atomic E-state index is 13.2. The van der Waals surface area contributed by atoms with Gasteiger partial charge in [-0.1, -0.05) is 12.1 Å². The molecule has 1 aromatic carbocycles. The van der Waals surface area contributed by atoms with Crippen molar-refractivity contribution in [1.82, 2.24) is 0 Å². The van der Waals surface area contributed by atoms with Crippen LogP contribution < -0.4 is 5.73 Å². The number of nitrogens with two attached hydrogens (primary N) is 1. The molecule has 1 aromatic rings. The van der Waals surface area contributed by atoms with Crippen LogP contribution in [0.4, 0.5) is 26.3 Å². The first-order valence-corrected chi connectivity index (χ1v) is 4.53. The normalized spacial score (nSPS) is 14.8. The van der Waals surface area contributed by atoms with Gasteiger partial charge in [0.05, 0.1) is 0 Å². The Hall–Kier alpha value is -1.24. The maximum Gasteiger partial charge on any atom is 0.455 e. The Labute approximate surface area is 93.2 Å². The molecule has 0 aliphatic heterocycles. The number of hydrogen-bond donors (Lipinski definition) is 1. The highest BCUT2D eigenvalue weighted by molar-refractivity contribution is 5.27. The molecular weight excluding hydrogens is 248 g/mol. The van der Waals surface area contributed by atoms with Crippen molar-refractivity contribution in [3.8, 4) is 0 Å². The second-order valence-electron chi connectivity index (χ2n) is 3.62. The molecule has 0 saturated heterocycles. The largest absolute Gasteiger partial charge is 0.455 e. The molecule has 0 unspecified atom stereocenters. The fourth-order valence-electron chi connectivity index (χ4n) is 1.26. The Bertz CT molecular complexity index is 412. The number of aryl methyl sites for hydroxylation is 1. The van der Waals surface area contributed by atoms with E-state index >= 15 is 0 Å². The summed E-state index contributed by atoms with van der Waals surface area (Å²) in [5.74, 6) is -6.36. The van der Waals surface area contributed by atoms with Crippen LogP contribution in [0.25, 0.3) is 0 Å². The molecule has 0 radical (unpaired) electrons. The predicted molar refractivity (Wildman–Crippen MR) is 49.1 cm³/mol. The van der Waals surface area contributed by atoms with E-state index in [1.54, 1.807) is 0 Å². The monoisotopic (exact) mass is 257 g/mol. The summed E-state index contributed by atoms with van der Waals surface area (Å²) in [5.41, 5.74) is 4.33. The van der Waals surface area contributed by atoms with Crippen molar-refractivity contribution in [3.63, 3.8) is 0 Å². The summed E-state index contributed by atoms with van der Waals surface area (Å²) in [6, 6.07) is 0.129. The minimum atomic E-state index is -5.82. The second kappa shape index (κ2) is 4.21. The van der Waals surface area contributed by atoms with E-state index < -0.39 is 29.5 Å². The molecule has 0 aromatic heterocycles. The van der Waals surface area contributed by atoms with Crippen LogP contribution in [0.5, 0.6) is 0 Å². The number of benzene rings is 1. The van der Waals surface area contributed by atoms with Crippen LogP contribution in [0.3, 0.4) is 0 Å². The number of rotatable bonds is 2. The van der Waals surface area contributed by atoms with Crippen molar-refractivity contribution in [1.29, 1.82) is 0 Å². The zero-order valence-electron chi connectivity index (χ0n) is 8.65. The minimum Gasteiger partial charge on any atom is -0.319 e. The first-order chi connectivity index (χ1) is 7.57. The molecule has 0 aliphatic carbocycles. The molecule has 0 fully saturated rings.